The third-order valence-electron chi connectivity index (χ3n) is 3.95. The Morgan fingerprint density at radius 1 is 1.38 bits per heavy atom. The Labute approximate surface area is 130 Å². The molecule has 0 aliphatic rings. The number of allylic oxidation sites excluding steroid dienone is 1. The predicted molar refractivity (Wildman–Crippen MR) is 91.4 cm³/mol. The molecule has 2 nitrogen and oxygen atoms in total. The Hall–Kier alpha value is -1.54. The second-order valence-corrected chi connectivity index (χ2v) is 5.54. The van der Waals surface area contributed by atoms with Crippen molar-refractivity contribution in [1.82, 2.24) is 4.90 Å². The quantitative estimate of drug-likeness (QED) is 0.647. The second kappa shape index (κ2) is 8.68. The lowest BCUT2D eigenvalue weighted by atomic mass is 10.0. The van der Waals surface area contributed by atoms with E-state index in [1.54, 1.807) is 7.11 Å². The minimum absolute atomic E-state index is 0.0970. The zero-order valence-electron chi connectivity index (χ0n) is 14.1. The molecule has 0 heterocycles. The van der Waals surface area contributed by atoms with Crippen LogP contribution in [0.2, 0.25) is 0 Å². The van der Waals surface area contributed by atoms with Gasteiger partial charge in [0.25, 0.3) is 0 Å². The first kappa shape index (κ1) is 17.5. The highest BCUT2D eigenvalue weighted by molar-refractivity contribution is 5.30. The van der Waals surface area contributed by atoms with E-state index in [1.165, 1.54) is 22.4 Å². The molecule has 0 fully saturated rings. The Bertz CT molecular complexity index is 490. The molecule has 0 spiro atoms. The second-order valence-electron chi connectivity index (χ2n) is 5.54. The van der Waals surface area contributed by atoms with Gasteiger partial charge in [-0.3, -0.25) is 0 Å². The maximum atomic E-state index is 5.33. The summed E-state index contributed by atoms with van der Waals surface area (Å²) >= 11 is 0. The summed E-state index contributed by atoms with van der Waals surface area (Å²) in [7, 11) is 1.72. The molecule has 0 bridgehead atoms. The van der Waals surface area contributed by atoms with E-state index in [0.717, 1.165) is 19.5 Å². The van der Waals surface area contributed by atoms with Crippen LogP contribution < -0.4 is 0 Å². The van der Waals surface area contributed by atoms with Crippen LogP contribution in [0.3, 0.4) is 0 Å². The summed E-state index contributed by atoms with van der Waals surface area (Å²) in [5, 5.41) is 0. The van der Waals surface area contributed by atoms with Gasteiger partial charge in [-0.05, 0) is 45.2 Å². The van der Waals surface area contributed by atoms with E-state index >= 15 is 0 Å². The molecule has 1 atom stereocenters. The minimum atomic E-state index is 0.0970. The first-order valence-electron chi connectivity index (χ1n) is 7.65. The molecule has 116 valence electrons. The monoisotopic (exact) mass is 287 g/mol. The van der Waals surface area contributed by atoms with Crippen molar-refractivity contribution in [3.05, 3.63) is 59.3 Å². The van der Waals surface area contributed by atoms with E-state index in [2.05, 4.69) is 63.4 Å². The molecule has 0 N–H and O–H groups in total. The molecular formula is C19H29NO. The first-order chi connectivity index (χ1) is 10.0. The molecule has 0 radical (unpaired) electrons. The maximum Gasteiger partial charge on any atom is 0.0784 e. The zero-order chi connectivity index (χ0) is 15.8. The lowest BCUT2D eigenvalue weighted by Crippen LogP contribution is -2.21. The van der Waals surface area contributed by atoms with Crippen molar-refractivity contribution < 1.29 is 4.74 Å². The number of nitrogens with zero attached hydrogens (tertiary/aromatic N) is 1. The zero-order valence-corrected chi connectivity index (χ0v) is 14.1. The van der Waals surface area contributed by atoms with Gasteiger partial charge < -0.3 is 9.64 Å². The molecule has 1 aromatic carbocycles. The van der Waals surface area contributed by atoms with E-state index < -0.39 is 0 Å². The molecule has 1 aromatic rings. The van der Waals surface area contributed by atoms with Crippen LogP contribution in [-0.2, 0) is 11.3 Å². The highest BCUT2D eigenvalue weighted by Gasteiger charge is 2.07. The van der Waals surface area contributed by atoms with Gasteiger partial charge in [-0.15, -0.1) is 6.58 Å². The van der Waals surface area contributed by atoms with E-state index in [4.69, 9.17) is 4.74 Å². The molecule has 0 aliphatic carbocycles. The summed E-state index contributed by atoms with van der Waals surface area (Å²) in [6.07, 6.45) is 5.06. The molecular weight excluding hydrogens is 258 g/mol. The fourth-order valence-corrected chi connectivity index (χ4v) is 2.42. The number of rotatable bonds is 8. The normalized spacial score (nSPS) is 13.1. The van der Waals surface area contributed by atoms with Gasteiger partial charge in [-0.1, -0.05) is 35.9 Å². The van der Waals surface area contributed by atoms with Crippen LogP contribution in [0.1, 0.15) is 37.0 Å². The van der Waals surface area contributed by atoms with Crippen molar-refractivity contribution >= 4 is 0 Å². The number of ether oxygens (including phenoxy) is 1. The highest BCUT2D eigenvalue weighted by atomic mass is 16.5. The van der Waals surface area contributed by atoms with Gasteiger partial charge in [-0.2, -0.15) is 0 Å². The Morgan fingerprint density at radius 2 is 2.10 bits per heavy atom. The van der Waals surface area contributed by atoms with Crippen LogP contribution in [0.25, 0.3) is 0 Å². The summed E-state index contributed by atoms with van der Waals surface area (Å²) in [6.45, 7) is 14.4. The Morgan fingerprint density at radius 3 is 2.62 bits per heavy atom. The van der Waals surface area contributed by atoms with Gasteiger partial charge >= 0.3 is 0 Å². The van der Waals surface area contributed by atoms with Crippen molar-refractivity contribution in [3.8, 4) is 0 Å². The molecule has 0 amide bonds. The van der Waals surface area contributed by atoms with E-state index in [0.29, 0.717) is 0 Å². The lowest BCUT2D eigenvalue weighted by Gasteiger charge is -2.25. The van der Waals surface area contributed by atoms with Gasteiger partial charge in [0.05, 0.1) is 6.10 Å². The molecule has 21 heavy (non-hydrogen) atoms. The van der Waals surface area contributed by atoms with Crippen molar-refractivity contribution in [1.29, 1.82) is 0 Å². The third kappa shape index (κ3) is 5.39. The molecule has 0 aromatic heterocycles. The predicted octanol–water partition coefficient (Wildman–Crippen LogP) is 4.62. The van der Waals surface area contributed by atoms with Crippen molar-refractivity contribution in [2.75, 3.05) is 13.7 Å². The average Bonchev–Trinajstić information content (AvgIpc) is 2.47. The number of hydrogen-bond acceptors (Lipinski definition) is 2. The summed E-state index contributed by atoms with van der Waals surface area (Å²) in [6, 6.07) is 6.68. The van der Waals surface area contributed by atoms with E-state index in [9.17, 15) is 0 Å². The topological polar surface area (TPSA) is 12.5 Å². The summed E-state index contributed by atoms with van der Waals surface area (Å²) in [5.41, 5.74) is 5.37. The van der Waals surface area contributed by atoms with Crippen LogP contribution in [-0.4, -0.2) is 24.7 Å². The summed E-state index contributed by atoms with van der Waals surface area (Å²) < 4.78 is 5.33. The highest BCUT2D eigenvalue weighted by Crippen LogP contribution is 2.16. The standard InChI is InChI=1S/C19H29NO/c1-7-19(21-6)12-10-17(5)20(8-2)14-18-11-9-15(3)13-16(18)4/h7,9-11,13,19H,1,8,12,14H2,2-6H3/b17-10+. The maximum absolute atomic E-state index is 5.33. The molecule has 0 aliphatic heterocycles. The number of methoxy groups -OCH3 is 1. The van der Waals surface area contributed by atoms with E-state index in [1.807, 2.05) is 6.08 Å². The van der Waals surface area contributed by atoms with Crippen LogP contribution >= 0.6 is 0 Å². The van der Waals surface area contributed by atoms with Crippen molar-refractivity contribution in [2.24, 2.45) is 0 Å². The lowest BCUT2D eigenvalue weighted by molar-refractivity contribution is 0.143. The number of aryl methyl sites for hydroxylation is 2. The molecule has 1 rings (SSSR count). The summed E-state index contributed by atoms with van der Waals surface area (Å²) in [5.74, 6) is 0. The van der Waals surface area contributed by atoms with Gasteiger partial charge in [0.15, 0.2) is 0 Å². The smallest absolute Gasteiger partial charge is 0.0784 e. The minimum Gasteiger partial charge on any atom is -0.377 e. The van der Waals surface area contributed by atoms with Crippen LogP contribution in [0.5, 0.6) is 0 Å². The van der Waals surface area contributed by atoms with Gasteiger partial charge in [0, 0.05) is 25.9 Å². The van der Waals surface area contributed by atoms with Crippen LogP contribution in [0.4, 0.5) is 0 Å². The van der Waals surface area contributed by atoms with Crippen LogP contribution in [0, 0.1) is 13.8 Å². The summed E-state index contributed by atoms with van der Waals surface area (Å²) in [4.78, 5) is 2.40. The number of hydrogen-bond donors (Lipinski definition) is 0. The molecule has 0 saturated carbocycles. The van der Waals surface area contributed by atoms with Gasteiger partial charge in [-0.25, -0.2) is 0 Å². The van der Waals surface area contributed by atoms with E-state index in [-0.39, 0.29) is 6.10 Å². The largest absolute Gasteiger partial charge is 0.377 e. The molecule has 1 unspecified atom stereocenters. The molecule has 0 saturated heterocycles. The first-order valence-corrected chi connectivity index (χ1v) is 7.65. The van der Waals surface area contributed by atoms with Gasteiger partial charge in [0.2, 0.25) is 0 Å². The SMILES string of the molecule is C=CC(C/C=C(\C)N(CC)Cc1ccc(C)cc1C)OC. The number of benzene rings is 1. The van der Waals surface area contributed by atoms with Gasteiger partial charge in [0.1, 0.15) is 0 Å². The average molecular weight is 287 g/mol. The van der Waals surface area contributed by atoms with Crippen molar-refractivity contribution in [3.63, 3.8) is 0 Å². The Kier molecular flexibility index (Phi) is 7.24. The fraction of sp³-hybridized carbons (Fsp3) is 0.474. The van der Waals surface area contributed by atoms with Crippen molar-refractivity contribution in [2.45, 2.75) is 46.8 Å². The Balaban J connectivity index is 2.77. The fourth-order valence-electron chi connectivity index (χ4n) is 2.42. The molecule has 2 heteroatoms. The van der Waals surface area contributed by atoms with Crippen LogP contribution in [0.15, 0.2) is 42.6 Å². The third-order valence-corrected chi connectivity index (χ3v) is 3.95.